The Morgan fingerprint density at radius 2 is 2.29 bits per heavy atom. The van der Waals surface area contributed by atoms with Crippen molar-refractivity contribution in [2.45, 2.75) is 19.9 Å². The van der Waals surface area contributed by atoms with Gasteiger partial charge in [-0.1, -0.05) is 6.92 Å². The third kappa shape index (κ3) is 3.31. The van der Waals surface area contributed by atoms with Gasteiger partial charge in [0, 0.05) is 12.1 Å². The SMILES string of the molecule is CCc1cnc(CNc2cc(C(=O)OC)c(N)cc2F)o1. The molecule has 0 unspecified atom stereocenters. The molecule has 0 saturated carbocycles. The Kier molecular flexibility index (Phi) is 4.42. The highest BCUT2D eigenvalue weighted by atomic mass is 19.1. The normalized spacial score (nSPS) is 10.4. The van der Waals surface area contributed by atoms with Crippen LogP contribution in [0.4, 0.5) is 15.8 Å². The number of rotatable bonds is 5. The number of halogens is 1. The molecule has 1 aromatic heterocycles. The second-order valence-electron chi connectivity index (χ2n) is 4.34. The number of nitrogens with one attached hydrogen (secondary N) is 1. The number of aryl methyl sites for hydroxylation is 1. The summed E-state index contributed by atoms with van der Waals surface area (Å²) in [5, 5.41) is 2.82. The molecule has 0 saturated heterocycles. The molecule has 2 rings (SSSR count). The summed E-state index contributed by atoms with van der Waals surface area (Å²) in [7, 11) is 1.23. The van der Waals surface area contributed by atoms with Crippen molar-refractivity contribution in [3.05, 3.63) is 41.4 Å². The standard InChI is InChI=1S/C14H16FN3O3/c1-3-8-6-18-13(21-8)7-17-12-4-9(14(19)20-2)11(16)5-10(12)15/h4-6,17H,3,7,16H2,1-2H3. The number of carbonyl (C=O) groups excluding carboxylic acids is 1. The minimum Gasteiger partial charge on any atom is -0.465 e. The molecular formula is C14H16FN3O3. The van der Waals surface area contributed by atoms with E-state index in [0.717, 1.165) is 18.2 Å². The van der Waals surface area contributed by atoms with Crippen molar-refractivity contribution in [1.29, 1.82) is 0 Å². The van der Waals surface area contributed by atoms with E-state index in [2.05, 4.69) is 15.0 Å². The molecule has 0 amide bonds. The van der Waals surface area contributed by atoms with Crippen molar-refractivity contribution >= 4 is 17.3 Å². The molecule has 1 aromatic carbocycles. The second-order valence-corrected chi connectivity index (χ2v) is 4.34. The van der Waals surface area contributed by atoms with Crippen LogP contribution in [0.2, 0.25) is 0 Å². The van der Waals surface area contributed by atoms with Gasteiger partial charge in [0.15, 0.2) is 0 Å². The van der Waals surface area contributed by atoms with Gasteiger partial charge < -0.3 is 20.2 Å². The molecule has 0 bridgehead atoms. The number of nitrogen functional groups attached to an aromatic ring is 1. The maximum atomic E-state index is 13.8. The summed E-state index contributed by atoms with van der Waals surface area (Å²) in [5.41, 5.74) is 5.84. The van der Waals surface area contributed by atoms with Gasteiger partial charge in [0.25, 0.3) is 0 Å². The molecular weight excluding hydrogens is 277 g/mol. The zero-order valence-corrected chi connectivity index (χ0v) is 11.8. The first kappa shape index (κ1) is 14.8. The van der Waals surface area contributed by atoms with Crippen molar-refractivity contribution in [1.82, 2.24) is 4.98 Å². The number of nitrogens with zero attached hydrogens (tertiary/aromatic N) is 1. The third-order valence-corrected chi connectivity index (χ3v) is 2.92. The van der Waals surface area contributed by atoms with Gasteiger partial charge in [0.2, 0.25) is 5.89 Å². The van der Waals surface area contributed by atoms with E-state index in [1.54, 1.807) is 6.20 Å². The summed E-state index contributed by atoms with van der Waals surface area (Å²) in [6.07, 6.45) is 2.35. The smallest absolute Gasteiger partial charge is 0.340 e. The van der Waals surface area contributed by atoms with Crippen LogP contribution in [0.15, 0.2) is 22.7 Å². The van der Waals surface area contributed by atoms with Crippen molar-refractivity contribution < 1.29 is 18.3 Å². The fourth-order valence-corrected chi connectivity index (χ4v) is 1.77. The number of esters is 1. The largest absolute Gasteiger partial charge is 0.465 e. The number of hydrogen-bond donors (Lipinski definition) is 2. The van der Waals surface area contributed by atoms with Gasteiger partial charge in [-0.3, -0.25) is 0 Å². The summed E-state index contributed by atoms with van der Waals surface area (Å²) in [5.74, 6) is -0.00936. The van der Waals surface area contributed by atoms with Crippen LogP contribution < -0.4 is 11.1 Å². The highest BCUT2D eigenvalue weighted by Crippen LogP contribution is 2.23. The van der Waals surface area contributed by atoms with E-state index in [0.29, 0.717) is 5.89 Å². The van der Waals surface area contributed by atoms with Crippen LogP contribution >= 0.6 is 0 Å². The fourth-order valence-electron chi connectivity index (χ4n) is 1.77. The minimum absolute atomic E-state index is 0.0225. The molecule has 3 N–H and O–H groups in total. The van der Waals surface area contributed by atoms with Crippen LogP contribution in [0.3, 0.4) is 0 Å². The number of oxazole rings is 1. The van der Waals surface area contributed by atoms with E-state index in [1.165, 1.54) is 13.2 Å². The molecule has 1 heterocycles. The topological polar surface area (TPSA) is 90.4 Å². The van der Waals surface area contributed by atoms with E-state index < -0.39 is 11.8 Å². The third-order valence-electron chi connectivity index (χ3n) is 2.92. The molecule has 112 valence electrons. The van der Waals surface area contributed by atoms with Crippen LogP contribution in [-0.2, 0) is 17.7 Å². The Morgan fingerprint density at radius 3 is 2.90 bits per heavy atom. The molecule has 7 heteroatoms. The number of nitrogens with two attached hydrogens (primary N) is 1. The number of aromatic nitrogens is 1. The Hall–Kier alpha value is -2.57. The zero-order valence-electron chi connectivity index (χ0n) is 11.8. The van der Waals surface area contributed by atoms with E-state index in [9.17, 15) is 9.18 Å². The van der Waals surface area contributed by atoms with Gasteiger partial charge in [0.05, 0.1) is 31.1 Å². The fraction of sp³-hybridized carbons (Fsp3) is 0.286. The van der Waals surface area contributed by atoms with Crippen LogP contribution in [0.1, 0.15) is 28.9 Å². The lowest BCUT2D eigenvalue weighted by atomic mass is 10.1. The van der Waals surface area contributed by atoms with E-state index in [4.69, 9.17) is 10.2 Å². The number of methoxy groups -OCH3 is 1. The number of benzene rings is 1. The molecule has 0 aliphatic rings. The van der Waals surface area contributed by atoms with Crippen molar-refractivity contribution in [2.75, 3.05) is 18.2 Å². The quantitative estimate of drug-likeness (QED) is 0.649. The van der Waals surface area contributed by atoms with Crippen molar-refractivity contribution in [3.63, 3.8) is 0 Å². The first-order chi connectivity index (χ1) is 10.0. The Labute approximate surface area is 121 Å². The van der Waals surface area contributed by atoms with Crippen LogP contribution in [0.5, 0.6) is 0 Å². The second kappa shape index (κ2) is 6.25. The molecule has 0 aliphatic heterocycles. The molecule has 0 aliphatic carbocycles. The maximum absolute atomic E-state index is 13.8. The average molecular weight is 293 g/mol. The lowest BCUT2D eigenvalue weighted by Crippen LogP contribution is -2.09. The predicted octanol–water partition coefficient (Wildman–Crippen LogP) is 2.36. The summed E-state index contributed by atoms with van der Waals surface area (Å²) in [6.45, 7) is 2.14. The maximum Gasteiger partial charge on any atom is 0.340 e. The minimum atomic E-state index is -0.625. The van der Waals surface area contributed by atoms with Crippen LogP contribution in [0, 0.1) is 5.82 Å². The van der Waals surface area contributed by atoms with Gasteiger partial charge >= 0.3 is 5.97 Å². The van der Waals surface area contributed by atoms with Gasteiger partial charge in [0.1, 0.15) is 11.6 Å². The van der Waals surface area contributed by atoms with Gasteiger partial charge in [-0.2, -0.15) is 0 Å². The van der Waals surface area contributed by atoms with Crippen LogP contribution in [0.25, 0.3) is 0 Å². The van der Waals surface area contributed by atoms with Crippen LogP contribution in [-0.4, -0.2) is 18.1 Å². The number of ether oxygens (including phenoxy) is 1. The predicted molar refractivity (Wildman–Crippen MR) is 75.4 cm³/mol. The molecule has 0 radical (unpaired) electrons. The van der Waals surface area contributed by atoms with Gasteiger partial charge in [-0.05, 0) is 12.1 Å². The van der Waals surface area contributed by atoms with Gasteiger partial charge in [-0.15, -0.1) is 0 Å². The average Bonchev–Trinajstić information content (AvgIpc) is 2.93. The summed E-state index contributed by atoms with van der Waals surface area (Å²) < 4.78 is 23.8. The molecule has 0 spiro atoms. The Balaban J connectivity index is 2.17. The Bertz CT molecular complexity index is 655. The summed E-state index contributed by atoms with van der Waals surface area (Å²) >= 11 is 0. The highest BCUT2D eigenvalue weighted by Gasteiger charge is 2.15. The summed E-state index contributed by atoms with van der Waals surface area (Å²) in [6, 6.07) is 2.38. The first-order valence-electron chi connectivity index (χ1n) is 6.40. The number of anilines is 2. The number of hydrogen-bond acceptors (Lipinski definition) is 6. The highest BCUT2D eigenvalue weighted by molar-refractivity contribution is 5.96. The van der Waals surface area contributed by atoms with E-state index in [1.807, 2.05) is 6.92 Å². The van der Waals surface area contributed by atoms with Gasteiger partial charge in [-0.25, -0.2) is 14.2 Å². The molecule has 21 heavy (non-hydrogen) atoms. The Morgan fingerprint density at radius 1 is 1.52 bits per heavy atom. The lowest BCUT2D eigenvalue weighted by Gasteiger charge is -2.10. The van der Waals surface area contributed by atoms with Crippen molar-refractivity contribution in [2.24, 2.45) is 0 Å². The summed E-state index contributed by atoms with van der Waals surface area (Å²) in [4.78, 5) is 15.6. The lowest BCUT2D eigenvalue weighted by molar-refractivity contribution is 0.0602. The van der Waals surface area contributed by atoms with Crippen molar-refractivity contribution in [3.8, 4) is 0 Å². The zero-order chi connectivity index (χ0) is 15.4. The molecule has 0 atom stereocenters. The number of carbonyl (C=O) groups is 1. The molecule has 2 aromatic rings. The molecule has 0 fully saturated rings. The molecule has 6 nitrogen and oxygen atoms in total. The van der Waals surface area contributed by atoms with E-state index >= 15 is 0 Å². The monoisotopic (exact) mass is 293 g/mol. The first-order valence-corrected chi connectivity index (χ1v) is 6.40. The van der Waals surface area contributed by atoms with E-state index in [-0.39, 0.29) is 23.5 Å².